The van der Waals surface area contributed by atoms with E-state index in [4.69, 9.17) is 4.42 Å². The molecule has 0 saturated carbocycles. The third-order valence-electron chi connectivity index (χ3n) is 3.23. The Hall–Kier alpha value is -1.55. The number of nitrogens with zero attached hydrogens (tertiary/aromatic N) is 2. The Kier molecular flexibility index (Phi) is 4.80. The van der Waals surface area contributed by atoms with Crippen molar-refractivity contribution in [2.45, 2.75) is 46.2 Å². The van der Waals surface area contributed by atoms with Crippen LogP contribution in [-0.2, 0) is 6.54 Å². The van der Waals surface area contributed by atoms with Gasteiger partial charge in [-0.05, 0) is 37.9 Å². The zero-order valence-electron chi connectivity index (χ0n) is 12.0. The van der Waals surface area contributed by atoms with E-state index < -0.39 is 0 Å². The summed E-state index contributed by atoms with van der Waals surface area (Å²) >= 11 is 0. The van der Waals surface area contributed by atoms with Gasteiger partial charge in [0.1, 0.15) is 17.6 Å². The minimum Gasteiger partial charge on any atom is -0.467 e. The maximum absolute atomic E-state index is 5.66. The van der Waals surface area contributed by atoms with Crippen LogP contribution in [0.5, 0.6) is 0 Å². The number of hydrogen-bond acceptors (Lipinski definition) is 3. The van der Waals surface area contributed by atoms with Gasteiger partial charge in [0.25, 0.3) is 0 Å². The van der Waals surface area contributed by atoms with Crippen LogP contribution in [0.4, 0.5) is 0 Å². The third kappa shape index (κ3) is 3.07. The van der Waals surface area contributed by atoms with E-state index in [9.17, 15) is 0 Å². The molecule has 0 fully saturated rings. The quantitative estimate of drug-likeness (QED) is 0.831. The van der Waals surface area contributed by atoms with E-state index in [2.05, 4.69) is 35.6 Å². The molecule has 2 aromatic heterocycles. The van der Waals surface area contributed by atoms with Crippen LogP contribution in [0.15, 0.2) is 29.1 Å². The molecule has 4 heteroatoms. The van der Waals surface area contributed by atoms with Crippen LogP contribution in [0, 0.1) is 6.92 Å². The molecule has 2 rings (SSSR count). The summed E-state index contributed by atoms with van der Waals surface area (Å²) in [4.78, 5) is 4.53. The monoisotopic (exact) mass is 261 g/mol. The summed E-state index contributed by atoms with van der Waals surface area (Å²) in [5.41, 5.74) is 1.17. The Morgan fingerprint density at radius 3 is 2.84 bits per heavy atom. The van der Waals surface area contributed by atoms with Crippen LogP contribution < -0.4 is 5.32 Å². The standard InChI is InChI=1S/C15H23N3O/c1-4-7-16-13(14-12(3)6-11-19-14)15-17-8-10-18(15)9-5-2/h6,8,10-11,13,16H,4-5,7,9H2,1-3H3. The fourth-order valence-corrected chi connectivity index (χ4v) is 2.28. The van der Waals surface area contributed by atoms with Crippen LogP contribution in [0.2, 0.25) is 0 Å². The van der Waals surface area contributed by atoms with Gasteiger partial charge in [-0.3, -0.25) is 0 Å². The number of aromatic nitrogens is 2. The zero-order chi connectivity index (χ0) is 13.7. The summed E-state index contributed by atoms with van der Waals surface area (Å²) in [6, 6.07) is 2.04. The molecule has 0 radical (unpaired) electrons. The molecule has 1 unspecified atom stereocenters. The van der Waals surface area contributed by atoms with Crippen molar-refractivity contribution in [3.63, 3.8) is 0 Å². The molecule has 2 heterocycles. The minimum atomic E-state index is 0.0384. The van der Waals surface area contributed by atoms with Gasteiger partial charge in [0.05, 0.1) is 6.26 Å². The molecule has 0 aliphatic rings. The molecular formula is C15H23N3O. The molecule has 2 aromatic rings. The van der Waals surface area contributed by atoms with Crippen LogP contribution >= 0.6 is 0 Å². The van der Waals surface area contributed by atoms with E-state index in [0.717, 1.165) is 37.5 Å². The van der Waals surface area contributed by atoms with Crippen molar-refractivity contribution in [3.8, 4) is 0 Å². The molecule has 0 amide bonds. The van der Waals surface area contributed by atoms with Crippen molar-refractivity contribution in [3.05, 3.63) is 41.9 Å². The highest BCUT2D eigenvalue weighted by atomic mass is 16.3. The van der Waals surface area contributed by atoms with Crippen molar-refractivity contribution < 1.29 is 4.42 Å². The lowest BCUT2D eigenvalue weighted by molar-refractivity contribution is 0.422. The average molecular weight is 261 g/mol. The van der Waals surface area contributed by atoms with Crippen LogP contribution in [0.3, 0.4) is 0 Å². The molecule has 0 saturated heterocycles. The number of aryl methyl sites for hydroxylation is 2. The first-order chi connectivity index (χ1) is 9.27. The highest BCUT2D eigenvalue weighted by Crippen LogP contribution is 2.24. The van der Waals surface area contributed by atoms with Gasteiger partial charge >= 0.3 is 0 Å². The van der Waals surface area contributed by atoms with Crippen LogP contribution in [0.1, 0.15) is 49.9 Å². The first kappa shape index (κ1) is 13.9. The summed E-state index contributed by atoms with van der Waals surface area (Å²) in [6.45, 7) is 8.35. The molecule has 1 atom stereocenters. The largest absolute Gasteiger partial charge is 0.467 e. The molecule has 1 N–H and O–H groups in total. The maximum atomic E-state index is 5.66. The molecule has 0 aromatic carbocycles. The second-order valence-electron chi connectivity index (χ2n) is 4.83. The Bertz CT molecular complexity index is 501. The summed E-state index contributed by atoms with van der Waals surface area (Å²) in [5.74, 6) is 2.00. The highest BCUT2D eigenvalue weighted by Gasteiger charge is 2.22. The van der Waals surface area contributed by atoms with Gasteiger partial charge in [-0.1, -0.05) is 13.8 Å². The fraction of sp³-hybridized carbons (Fsp3) is 0.533. The highest BCUT2D eigenvalue weighted by molar-refractivity contribution is 5.24. The number of nitrogens with one attached hydrogen (secondary N) is 1. The summed E-state index contributed by atoms with van der Waals surface area (Å²) in [5, 5.41) is 3.54. The molecule has 0 aliphatic heterocycles. The van der Waals surface area contributed by atoms with Crippen molar-refractivity contribution in [2.24, 2.45) is 0 Å². The molecule has 0 spiro atoms. The molecule has 19 heavy (non-hydrogen) atoms. The second-order valence-corrected chi connectivity index (χ2v) is 4.83. The lowest BCUT2D eigenvalue weighted by Crippen LogP contribution is -2.26. The van der Waals surface area contributed by atoms with Gasteiger partial charge in [0.15, 0.2) is 0 Å². The lowest BCUT2D eigenvalue weighted by atomic mass is 10.1. The normalized spacial score (nSPS) is 12.8. The Morgan fingerprint density at radius 2 is 2.21 bits per heavy atom. The van der Waals surface area contributed by atoms with Crippen molar-refractivity contribution >= 4 is 0 Å². The van der Waals surface area contributed by atoms with Gasteiger partial charge in [0, 0.05) is 18.9 Å². The summed E-state index contributed by atoms with van der Waals surface area (Å²) in [6.07, 6.45) is 7.84. The number of furan rings is 1. The van der Waals surface area contributed by atoms with E-state index in [-0.39, 0.29) is 6.04 Å². The molecule has 4 nitrogen and oxygen atoms in total. The van der Waals surface area contributed by atoms with Crippen molar-refractivity contribution in [2.75, 3.05) is 6.54 Å². The maximum Gasteiger partial charge on any atom is 0.133 e. The molecule has 0 aliphatic carbocycles. The molecular weight excluding hydrogens is 238 g/mol. The van der Waals surface area contributed by atoms with E-state index in [1.165, 1.54) is 5.56 Å². The summed E-state index contributed by atoms with van der Waals surface area (Å²) in [7, 11) is 0. The first-order valence-electron chi connectivity index (χ1n) is 7.06. The Balaban J connectivity index is 2.31. The fourth-order valence-electron chi connectivity index (χ4n) is 2.28. The van der Waals surface area contributed by atoms with E-state index in [0.29, 0.717) is 0 Å². The van der Waals surface area contributed by atoms with E-state index in [1.54, 1.807) is 6.26 Å². The van der Waals surface area contributed by atoms with Crippen molar-refractivity contribution in [1.82, 2.24) is 14.9 Å². The smallest absolute Gasteiger partial charge is 0.133 e. The van der Waals surface area contributed by atoms with E-state index >= 15 is 0 Å². The summed E-state index contributed by atoms with van der Waals surface area (Å²) < 4.78 is 7.87. The minimum absolute atomic E-state index is 0.0384. The molecule has 104 valence electrons. The SMILES string of the molecule is CCCNC(c1occc1C)c1nccn1CCC. The zero-order valence-corrected chi connectivity index (χ0v) is 12.0. The van der Waals surface area contributed by atoms with Gasteiger partial charge in [-0.25, -0.2) is 4.98 Å². The topological polar surface area (TPSA) is 43.0 Å². The second kappa shape index (κ2) is 6.57. The van der Waals surface area contributed by atoms with Gasteiger partial charge in [-0.15, -0.1) is 0 Å². The molecule has 0 bridgehead atoms. The number of hydrogen-bond donors (Lipinski definition) is 1. The van der Waals surface area contributed by atoms with Gasteiger partial charge < -0.3 is 14.3 Å². The van der Waals surface area contributed by atoms with E-state index in [1.807, 2.05) is 18.5 Å². The number of rotatable bonds is 7. The Labute approximate surface area is 114 Å². The van der Waals surface area contributed by atoms with Crippen LogP contribution in [-0.4, -0.2) is 16.1 Å². The number of imidazole rings is 1. The average Bonchev–Trinajstić information content (AvgIpc) is 3.01. The predicted octanol–water partition coefficient (Wildman–Crippen LogP) is 3.28. The predicted molar refractivity (Wildman–Crippen MR) is 76.1 cm³/mol. The lowest BCUT2D eigenvalue weighted by Gasteiger charge is -2.18. The van der Waals surface area contributed by atoms with Crippen molar-refractivity contribution in [1.29, 1.82) is 0 Å². The third-order valence-corrected chi connectivity index (χ3v) is 3.23. The van der Waals surface area contributed by atoms with Gasteiger partial charge in [0.2, 0.25) is 0 Å². The Morgan fingerprint density at radius 1 is 1.37 bits per heavy atom. The van der Waals surface area contributed by atoms with Gasteiger partial charge in [-0.2, -0.15) is 0 Å². The first-order valence-corrected chi connectivity index (χ1v) is 7.06. The van der Waals surface area contributed by atoms with Crippen LogP contribution in [0.25, 0.3) is 0 Å².